The fourth-order valence-corrected chi connectivity index (χ4v) is 2.46. The van der Waals surface area contributed by atoms with Crippen molar-refractivity contribution in [3.63, 3.8) is 0 Å². The minimum atomic E-state index is -0.795. The van der Waals surface area contributed by atoms with E-state index >= 15 is 0 Å². The van der Waals surface area contributed by atoms with Crippen LogP contribution in [0.2, 0.25) is 0 Å². The van der Waals surface area contributed by atoms with Crippen molar-refractivity contribution in [1.82, 2.24) is 0 Å². The highest BCUT2D eigenvalue weighted by atomic mass is 16.6. The van der Waals surface area contributed by atoms with Crippen LogP contribution in [-0.4, -0.2) is 51.0 Å². The Morgan fingerprint density at radius 1 is 1.43 bits per heavy atom. The van der Waals surface area contributed by atoms with Crippen molar-refractivity contribution in [2.24, 2.45) is 5.73 Å². The predicted octanol–water partition coefficient (Wildman–Crippen LogP) is 0.462. The molecule has 0 aromatic heterocycles. The second-order valence-electron chi connectivity index (χ2n) is 4.99. The molecule has 23 heavy (non-hydrogen) atoms. The van der Waals surface area contributed by atoms with Gasteiger partial charge in [0.25, 0.3) is 5.91 Å². The lowest BCUT2D eigenvalue weighted by Crippen LogP contribution is -2.43. The van der Waals surface area contributed by atoms with E-state index in [1.807, 2.05) is 0 Å². The molecular weight excluding hydrogens is 306 g/mol. The van der Waals surface area contributed by atoms with E-state index in [0.717, 1.165) is 4.90 Å². The van der Waals surface area contributed by atoms with E-state index in [1.165, 1.54) is 18.1 Å². The second-order valence-corrected chi connectivity index (χ2v) is 4.99. The molecule has 0 spiro atoms. The molecule has 0 radical (unpaired) electrons. The summed E-state index contributed by atoms with van der Waals surface area (Å²) < 4.78 is 15.0. The van der Waals surface area contributed by atoms with E-state index in [4.69, 9.17) is 15.2 Å². The van der Waals surface area contributed by atoms with Gasteiger partial charge in [-0.1, -0.05) is 0 Å². The number of nitrogens with two attached hydrogens (primary N) is 1. The van der Waals surface area contributed by atoms with Gasteiger partial charge in [-0.15, -0.1) is 0 Å². The molecule has 122 valence electrons. The fraction of sp³-hybridized carbons (Fsp3) is 0.357. The van der Waals surface area contributed by atoms with Crippen molar-refractivity contribution in [1.29, 1.82) is 0 Å². The highest BCUT2D eigenvalue weighted by Gasteiger charge is 2.35. The molecule has 9 nitrogen and oxygen atoms in total. The SMILES string of the molecule is COC(=O)N1C(=O)COc2cc(N3C[C@H](CN)OC3=O)ccc21. The minimum absolute atomic E-state index is 0.230. The van der Waals surface area contributed by atoms with Crippen molar-refractivity contribution >= 4 is 29.5 Å². The van der Waals surface area contributed by atoms with Crippen molar-refractivity contribution < 1.29 is 28.6 Å². The number of hydrogen-bond donors (Lipinski definition) is 1. The summed E-state index contributed by atoms with van der Waals surface area (Å²) in [4.78, 5) is 37.7. The van der Waals surface area contributed by atoms with Gasteiger partial charge >= 0.3 is 12.2 Å². The van der Waals surface area contributed by atoms with Gasteiger partial charge in [-0.25, -0.2) is 14.5 Å². The third-order valence-corrected chi connectivity index (χ3v) is 3.59. The molecule has 0 aliphatic carbocycles. The van der Waals surface area contributed by atoms with Crippen molar-refractivity contribution in [3.05, 3.63) is 18.2 Å². The molecule has 0 unspecified atom stereocenters. The largest absolute Gasteiger partial charge is 0.481 e. The normalized spacial score (nSPS) is 20.0. The van der Waals surface area contributed by atoms with Gasteiger partial charge in [0, 0.05) is 12.6 Å². The zero-order valence-electron chi connectivity index (χ0n) is 12.4. The number of amides is 3. The number of ether oxygens (including phenoxy) is 3. The third kappa shape index (κ3) is 2.55. The maximum atomic E-state index is 11.9. The van der Waals surface area contributed by atoms with Crippen LogP contribution < -0.4 is 20.3 Å². The van der Waals surface area contributed by atoms with Crippen LogP contribution in [0.4, 0.5) is 21.0 Å². The molecule has 1 aromatic rings. The Balaban J connectivity index is 1.92. The van der Waals surface area contributed by atoms with Crippen molar-refractivity contribution in [2.75, 3.05) is 36.6 Å². The number of rotatable bonds is 2. The van der Waals surface area contributed by atoms with Crippen LogP contribution in [0.15, 0.2) is 18.2 Å². The molecule has 1 fully saturated rings. The first kappa shape index (κ1) is 15.1. The number of fused-ring (bicyclic) bond motifs is 1. The Labute approximate surface area is 131 Å². The van der Waals surface area contributed by atoms with Crippen LogP contribution in [0, 0.1) is 0 Å². The average molecular weight is 321 g/mol. The van der Waals surface area contributed by atoms with E-state index in [2.05, 4.69) is 4.74 Å². The molecule has 1 saturated heterocycles. The number of imide groups is 1. The summed E-state index contributed by atoms with van der Waals surface area (Å²) in [7, 11) is 1.19. The molecule has 1 atom stereocenters. The topological polar surface area (TPSA) is 111 Å². The lowest BCUT2D eigenvalue weighted by molar-refractivity contribution is -0.120. The van der Waals surface area contributed by atoms with Gasteiger partial charge in [-0.3, -0.25) is 9.69 Å². The second kappa shape index (κ2) is 5.76. The zero-order valence-corrected chi connectivity index (χ0v) is 12.4. The lowest BCUT2D eigenvalue weighted by atomic mass is 10.2. The van der Waals surface area contributed by atoms with Crippen LogP contribution in [0.25, 0.3) is 0 Å². The van der Waals surface area contributed by atoms with Crippen molar-refractivity contribution in [3.8, 4) is 5.75 Å². The number of benzene rings is 1. The summed E-state index contributed by atoms with van der Waals surface area (Å²) in [6.45, 7) is 0.267. The monoisotopic (exact) mass is 321 g/mol. The summed E-state index contributed by atoms with van der Waals surface area (Å²) in [5.74, 6) is -0.225. The number of carbonyl (C=O) groups excluding carboxylic acids is 3. The summed E-state index contributed by atoms with van der Waals surface area (Å²) in [6.07, 6.45) is -1.67. The summed E-state index contributed by atoms with van der Waals surface area (Å²) >= 11 is 0. The highest BCUT2D eigenvalue weighted by molar-refractivity contribution is 6.15. The molecule has 2 aliphatic rings. The average Bonchev–Trinajstić information content (AvgIpc) is 2.94. The number of hydrogen-bond acceptors (Lipinski definition) is 7. The minimum Gasteiger partial charge on any atom is -0.481 e. The summed E-state index contributed by atoms with van der Waals surface area (Å²) in [6, 6.07) is 4.68. The molecule has 2 aliphatic heterocycles. The number of carbonyl (C=O) groups is 3. The maximum absolute atomic E-state index is 11.9. The number of cyclic esters (lactones) is 1. The molecule has 3 amide bonds. The summed E-state index contributed by atoms with van der Waals surface area (Å²) in [5.41, 5.74) is 6.30. The molecule has 2 N–H and O–H groups in total. The number of nitrogens with zero attached hydrogens (tertiary/aromatic N) is 2. The van der Waals surface area contributed by atoms with Gasteiger partial charge in [-0.2, -0.15) is 0 Å². The van der Waals surface area contributed by atoms with Gasteiger partial charge in [0.2, 0.25) is 0 Å². The quantitative estimate of drug-likeness (QED) is 0.842. The van der Waals surface area contributed by atoms with Crippen LogP contribution in [0.3, 0.4) is 0 Å². The fourth-order valence-electron chi connectivity index (χ4n) is 2.46. The Kier molecular flexibility index (Phi) is 3.78. The smallest absolute Gasteiger partial charge is 0.421 e. The summed E-state index contributed by atoms with van der Waals surface area (Å²) in [5, 5.41) is 0. The van der Waals surface area contributed by atoms with E-state index in [9.17, 15) is 14.4 Å². The lowest BCUT2D eigenvalue weighted by Gasteiger charge is -2.27. The maximum Gasteiger partial charge on any atom is 0.421 e. The molecule has 3 rings (SSSR count). The highest BCUT2D eigenvalue weighted by Crippen LogP contribution is 2.36. The van der Waals surface area contributed by atoms with Crippen LogP contribution in [0.5, 0.6) is 5.75 Å². The Morgan fingerprint density at radius 3 is 2.87 bits per heavy atom. The number of anilines is 2. The van der Waals surface area contributed by atoms with Gasteiger partial charge in [0.05, 0.1) is 25.0 Å². The van der Waals surface area contributed by atoms with Crippen molar-refractivity contribution in [2.45, 2.75) is 6.10 Å². The van der Waals surface area contributed by atoms with Gasteiger partial charge in [0.15, 0.2) is 6.61 Å². The number of methoxy groups -OCH3 is 1. The molecule has 9 heteroatoms. The van der Waals surface area contributed by atoms with Gasteiger partial charge in [0.1, 0.15) is 11.9 Å². The first-order valence-corrected chi connectivity index (χ1v) is 6.91. The van der Waals surface area contributed by atoms with Crippen LogP contribution in [0.1, 0.15) is 0 Å². The van der Waals surface area contributed by atoms with Gasteiger partial charge in [-0.05, 0) is 12.1 Å². The predicted molar refractivity (Wildman–Crippen MR) is 78.5 cm³/mol. The van der Waals surface area contributed by atoms with E-state index in [0.29, 0.717) is 18.0 Å². The molecule has 0 bridgehead atoms. The van der Waals surface area contributed by atoms with Gasteiger partial charge < -0.3 is 19.9 Å². The Bertz CT molecular complexity index is 676. The molecule has 0 saturated carbocycles. The molecule has 2 heterocycles. The van der Waals surface area contributed by atoms with E-state index in [1.54, 1.807) is 12.1 Å². The standard InChI is InChI=1S/C14H15N3O6/c1-21-14(20)17-10-3-2-8(4-11(10)22-7-12(17)18)16-6-9(5-15)23-13(16)19/h2-4,9H,5-7,15H2,1H3/t9-/m0/s1. The molecular formula is C14H15N3O6. The molecule has 1 aromatic carbocycles. The third-order valence-electron chi connectivity index (χ3n) is 3.59. The Morgan fingerprint density at radius 2 is 2.22 bits per heavy atom. The van der Waals surface area contributed by atoms with E-state index in [-0.39, 0.29) is 24.9 Å². The first-order valence-electron chi connectivity index (χ1n) is 6.91. The first-order chi connectivity index (χ1) is 11.0. The van der Waals surface area contributed by atoms with Crippen LogP contribution >= 0.6 is 0 Å². The van der Waals surface area contributed by atoms with E-state index < -0.39 is 18.1 Å². The zero-order chi connectivity index (χ0) is 16.6. The van der Waals surface area contributed by atoms with Crippen LogP contribution in [-0.2, 0) is 14.3 Å². The Hall–Kier alpha value is -2.81.